The Morgan fingerprint density at radius 3 is 2.52 bits per heavy atom. The molecule has 1 aromatic carbocycles. The van der Waals surface area contributed by atoms with E-state index in [1.54, 1.807) is 17.1 Å². The molecule has 2 aromatic rings. The van der Waals surface area contributed by atoms with Gasteiger partial charge in [-0.1, -0.05) is 0 Å². The topological polar surface area (TPSA) is 106 Å². The lowest BCUT2D eigenvalue weighted by atomic mass is 10.2. The van der Waals surface area contributed by atoms with Crippen molar-refractivity contribution in [1.29, 1.82) is 0 Å². The highest BCUT2D eigenvalue weighted by Gasteiger charge is 2.16. The maximum absolute atomic E-state index is 12.1. The molecule has 10 heteroatoms. The number of carbonyl (C=O) groups excluding carboxylic acids is 2. The quantitative estimate of drug-likeness (QED) is 0.411. The fourth-order valence-electron chi connectivity index (χ4n) is 2.05. The molecule has 0 unspecified atom stereocenters. The number of nitrogens with zero attached hydrogens (tertiary/aromatic N) is 2. The van der Waals surface area contributed by atoms with E-state index in [0.717, 1.165) is 0 Å². The van der Waals surface area contributed by atoms with Gasteiger partial charge in [0.05, 0.1) is 32.6 Å². The van der Waals surface area contributed by atoms with Gasteiger partial charge < -0.3 is 32.3 Å². The molecule has 0 aliphatic heterocycles. The molecular weight excluding hydrogens is 352 g/mol. The summed E-state index contributed by atoms with van der Waals surface area (Å²) in [7, 11) is 4.47. The third kappa shape index (κ3) is 5.28. The Labute approximate surface area is 150 Å². The van der Waals surface area contributed by atoms with Gasteiger partial charge in [-0.2, -0.15) is 0 Å². The predicted octanol–water partition coefficient (Wildman–Crippen LogP) is -2.15. The third-order valence-electron chi connectivity index (χ3n) is 3.16. The maximum atomic E-state index is 12.1. The zero-order valence-corrected chi connectivity index (χ0v) is 14.7. The summed E-state index contributed by atoms with van der Waals surface area (Å²) in [5.41, 5.74) is 0.390. The molecule has 136 valence electrons. The van der Waals surface area contributed by atoms with E-state index in [9.17, 15) is 14.7 Å². The summed E-state index contributed by atoms with van der Waals surface area (Å²) in [4.78, 5) is 23.4. The van der Waals surface area contributed by atoms with Gasteiger partial charge in [0, 0.05) is 12.1 Å². The van der Waals surface area contributed by atoms with Crippen molar-refractivity contribution in [1.82, 2.24) is 4.57 Å². The van der Waals surface area contributed by atoms with Gasteiger partial charge in [0.15, 0.2) is 6.54 Å². The predicted molar refractivity (Wildman–Crippen MR) is 84.9 cm³/mol. The average Bonchev–Trinajstić information content (AvgIpc) is 2.94. The molecule has 0 saturated carbocycles. The second-order valence-corrected chi connectivity index (χ2v) is 4.99. The number of methoxy groups -OCH3 is 2. The van der Waals surface area contributed by atoms with Gasteiger partial charge in [-0.15, -0.1) is 0 Å². The fourth-order valence-corrected chi connectivity index (χ4v) is 2.05. The summed E-state index contributed by atoms with van der Waals surface area (Å²) in [6.07, 6.45) is 4.60. The first-order valence-corrected chi connectivity index (χ1v) is 6.99. The van der Waals surface area contributed by atoms with Crippen molar-refractivity contribution in [2.45, 2.75) is 6.54 Å². The normalized spacial score (nSPS) is 9.72. The monoisotopic (exact) mass is 370 g/mol. The molecule has 25 heavy (non-hydrogen) atoms. The SMILES string of the molecule is COC(=O)Nc1cc(OC)c(NC(=O)Cn2cc[n+](C)c2)cc1O.[Cl-]. The van der Waals surface area contributed by atoms with Crippen molar-refractivity contribution in [2.75, 3.05) is 24.9 Å². The van der Waals surface area contributed by atoms with Crippen LogP contribution >= 0.6 is 0 Å². The van der Waals surface area contributed by atoms with Gasteiger partial charge in [0.2, 0.25) is 6.33 Å². The minimum Gasteiger partial charge on any atom is -1.00 e. The second-order valence-electron chi connectivity index (χ2n) is 4.99. The first-order chi connectivity index (χ1) is 11.4. The van der Waals surface area contributed by atoms with Crippen molar-refractivity contribution < 1.29 is 41.1 Å². The second kappa shape index (κ2) is 8.78. The van der Waals surface area contributed by atoms with Crippen LogP contribution in [0.15, 0.2) is 30.9 Å². The molecular formula is C15H19ClN4O5. The van der Waals surface area contributed by atoms with Crippen LogP contribution in [0, 0.1) is 0 Å². The fraction of sp³-hybridized carbons (Fsp3) is 0.267. The van der Waals surface area contributed by atoms with Gasteiger partial charge in [-0.25, -0.2) is 13.9 Å². The van der Waals surface area contributed by atoms with Crippen LogP contribution in [0.4, 0.5) is 16.2 Å². The number of anilines is 2. The number of ether oxygens (including phenoxy) is 2. The van der Waals surface area contributed by atoms with Crippen LogP contribution in [0.25, 0.3) is 0 Å². The van der Waals surface area contributed by atoms with Crippen molar-refractivity contribution in [2.24, 2.45) is 7.05 Å². The molecule has 0 spiro atoms. The molecule has 3 N–H and O–H groups in total. The van der Waals surface area contributed by atoms with Crippen LogP contribution in [0.1, 0.15) is 0 Å². The first-order valence-electron chi connectivity index (χ1n) is 6.99. The molecule has 0 atom stereocenters. The van der Waals surface area contributed by atoms with Gasteiger partial charge >= 0.3 is 6.09 Å². The molecule has 0 radical (unpaired) electrons. The van der Waals surface area contributed by atoms with Crippen molar-refractivity contribution >= 4 is 23.4 Å². The number of nitrogens with one attached hydrogen (secondary N) is 2. The molecule has 0 aliphatic rings. The molecule has 1 heterocycles. The summed E-state index contributed by atoms with van der Waals surface area (Å²) in [5.74, 6) is -0.243. The number of aromatic hydroxyl groups is 1. The first kappa shape index (κ1) is 20.1. The summed E-state index contributed by atoms with van der Waals surface area (Å²) in [6, 6.07) is 2.68. The van der Waals surface area contributed by atoms with E-state index in [0.29, 0.717) is 0 Å². The van der Waals surface area contributed by atoms with Crippen LogP contribution in [-0.4, -0.2) is 35.9 Å². The summed E-state index contributed by atoms with van der Waals surface area (Å²) in [5, 5.41) is 15.0. The summed E-state index contributed by atoms with van der Waals surface area (Å²) >= 11 is 0. The lowest BCUT2D eigenvalue weighted by Gasteiger charge is -2.13. The van der Waals surface area contributed by atoms with Gasteiger partial charge in [-0.3, -0.25) is 10.1 Å². The smallest absolute Gasteiger partial charge is 0.411 e. The van der Waals surface area contributed by atoms with E-state index >= 15 is 0 Å². The number of aryl methyl sites for hydroxylation is 1. The highest BCUT2D eigenvalue weighted by Crippen LogP contribution is 2.35. The summed E-state index contributed by atoms with van der Waals surface area (Å²) < 4.78 is 13.2. The number of hydrogen-bond donors (Lipinski definition) is 3. The molecule has 0 fully saturated rings. The van der Waals surface area contributed by atoms with E-state index in [4.69, 9.17) is 4.74 Å². The zero-order chi connectivity index (χ0) is 17.7. The number of carbonyl (C=O) groups is 2. The lowest BCUT2D eigenvalue weighted by molar-refractivity contribution is -0.671. The largest absolute Gasteiger partial charge is 1.00 e. The minimum absolute atomic E-state index is 0. The third-order valence-corrected chi connectivity index (χ3v) is 3.16. The molecule has 0 bridgehead atoms. The minimum atomic E-state index is -0.732. The van der Waals surface area contributed by atoms with Gasteiger partial charge in [0.1, 0.15) is 23.9 Å². The van der Waals surface area contributed by atoms with Crippen molar-refractivity contribution in [3.8, 4) is 11.5 Å². The highest BCUT2D eigenvalue weighted by atomic mass is 35.5. The van der Waals surface area contributed by atoms with Crippen LogP contribution in [-0.2, 0) is 23.1 Å². The highest BCUT2D eigenvalue weighted by molar-refractivity contribution is 5.94. The van der Waals surface area contributed by atoms with Crippen molar-refractivity contribution in [3.05, 3.63) is 30.9 Å². The van der Waals surface area contributed by atoms with Crippen molar-refractivity contribution in [3.63, 3.8) is 0 Å². The average molecular weight is 371 g/mol. The van der Waals surface area contributed by atoms with E-state index in [1.165, 1.54) is 26.4 Å². The maximum Gasteiger partial charge on any atom is 0.411 e. The van der Waals surface area contributed by atoms with Gasteiger partial charge in [0.25, 0.3) is 5.91 Å². The number of halogens is 1. The molecule has 9 nitrogen and oxygen atoms in total. The Hall–Kier alpha value is -2.94. The molecule has 0 saturated heterocycles. The number of aromatic nitrogens is 2. The number of amides is 2. The van der Waals surface area contributed by atoms with Crippen LogP contribution < -0.4 is 32.3 Å². The van der Waals surface area contributed by atoms with E-state index in [1.807, 2.05) is 17.8 Å². The Morgan fingerprint density at radius 2 is 1.96 bits per heavy atom. The van der Waals surface area contributed by atoms with E-state index in [-0.39, 0.29) is 47.7 Å². The number of hydrogen-bond acceptors (Lipinski definition) is 5. The standard InChI is InChI=1S/C15H18N4O5.ClH/c1-18-4-5-19(9-18)8-14(21)16-11-6-12(20)10(7-13(11)23-2)17-15(22)24-3;/h4-7,9H,8H2,1-3H3,(H2-,16,17,20,21,22);1H. The molecule has 2 amide bonds. The summed E-state index contributed by atoms with van der Waals surface area (Å²) in [6.45, 7) is 0.104. The number of phenols is 1. The number of benzene rings is 1. The van der Waals surface area contributed by atoms with Crippen LogP contribution in [0.2, 0.25) is 0 Å². The Balaban J connectivity index is 0.00000312. The Kier molecular flexibility index (Phi) is 7.06. The lowest BCUT2D eigenvalue weighted by Crippen LogP contribution is -3.00. The van der Waals surface area contributed by atoms with Gasteiger partial charge in [-0.05, 0) is 0 Å². The zero-order valence-electron chi connectivity index (χ0n) is 13.9. The number of imidazole rings is 1. The van der Waals surface area contributed by atoms with Crippen LogP contribution in [0.5, 0.6) is 11.5 Å². The number of rotatable bonds is 5. The number of phenolic OH excluding ortho intramolecular Hbond substituents is 1. The van der Waals surface area contributed by atoms with Crippen LogP contribution in [0.3, 0.4) is 0 Å². The molecule has 0 aliphatic carbocycles. The Bertz CT molecular complexity index is 762. The molecule has 2 rings (SSSR count). The van der Waals surface area contributed by atoms with E-state index in [2.05, 4.69) is 15.4 Å². The molecule has 1 aromatic heterocycles. The van der Waals surface area contributed by atoms with E-state index < -0.39 is 6.09 Å². The Morgan fingerprint density at radius 1 is 1.24 bits per heavy atom.